The van der Waals surface area contributed by atoms with Crippen molar-refractivity contribution in [3.8, 4) is 0 Å². The van der Waals surface area contributed by atoms with Gasteiger partial charge in [0.25, 0.3) is 0 Å². The monoisotopic (exact) mass is 307 g/mol. The van der Waals surface area contributed by atoms with Crippen LogP contribution in [-0.2, 0) is 11.2 Å². The van der Waals surface area contributed by atoms with Gasteiger partial charge < -0.3 is 14.5 Å². The molecule has 2 rings (SSSR count). The van der Waals surface area contributed by atoms with Crippen LogP contribution in [-0.4, -0.2) is 19.1 Å². The Bertz CT molecular complexity index is 596. The molecule has 1 heterocycles. The minimum absolute atomic E-state index is 0.195. The minimum atomic E-state index is -0.377. The molecule has 0 amide bonds. The van der Waals surface area contributed by atoms with Gasteiger partial charge in [0.1, 0.15) is 5.76 Å². The predicted octanol–water partition coefficient (Wildman–Crippen LogP) is 4.15. The number of rotatable bonds is 6. The maximum atomic E-state index is 11.5. The molecule has 4 nitrogen and oxygen atoms in total. The van der Waals surface area contributed by atoms with Crippen LogP contribution in [0.5, 0.6) is 0 Å². The first-order valence-corrected chi connectivity index (χ1v) is 7.14. The van der Waals surface area contributed by atoms with Crippen molar-refractivity contribution in [2.24, 2.45) is 0 Å². The second-order valence-electron chi connectivity index (χ2n) is 4.85. The Kier molecular flexibility index (Phi) is 5.28. The van der Waals surface area contributed by atoms with Crippen molar-refractivity contribution < 1.29 is 13.9 Å². The van der Waals surface area contributed by atoms with Crippen LogP contribution in [0.3, 0.4) is 0 Å². The summed E-state index contributed by atoms with van der Waals surface area (Å²) < 4.78 is 10.0. The second-order valence-corrected chi connectivity index (χ2v) is 5.26. The van der Waals surface area contributed by atoms with E-state index in [2.05, 4.69) is 12.2 Å². The van der Waals surface area contributed by atoms with Gasteiger partial charge in [0.15, 0.2) is 0 Å². The molecule has 0 aliphatic carbocycles. The normalized spacial score (nSPS) is 12.0. The summed E-state index contributed by atoms with van der Waals surface area (Å²) >= 11 is 6.15. The van der Waals surface area contributed by atoms with Gasteiger partial charge >= 0.3 is 5.97 Å². The summed E-state index contributed by atoms with van der Waals surface area (Å²) in [6, 6.07) is 9.07. The zero-order valence-corrected chi connectivity index (χ0v) is 12.8. The molecule has 0 radical (unpaired) electrons. The lowest BCUT2D eigenvalue weighted by molar-refractivity contribution is 0.0601. The first-order chi connectivity index (χ1) is 10.1. The molecule has 0 spiro atoms. The maximum Gasteiger partial charge on any atom is 0.337 e. The molecule has 0 aliphatic rings. The number of carbonyl (C=O) groups is 1. The SMILES string of the molecule is COC(=O)c1ccc(Cl)c(NC(C)CCc2ccco2)c1. The lowest BCUT2D eigenvalue weighted by atomic mass is 10.1. The fraction of sp³-hybridized carbons (Fsp3) is 0.312. The molecule has 0 saturated carbocycles. The highest BCUT2D eigenvalue weighted by molar-refractivity contribution is 6.33. The number of hydrogen-bond acceptors (Lipinski definition) is 4. The molecular formula is C16H18ClNO3. The zero-order valence-electron chi connectivity index (χ0n) is 12.1. The van der Waals surface area contributed by atoms with E-state index in [4.69, 9.17) is 20.8 Å². The molecule has 0 bridgehead atoms. The quantitative estimate of drug-likeness (QED) is 0.814. The van der Waals surface area contributed by atoms with Crippen molar-refractivity contribution in [1.82, 2.24) is 0 Å². The van der Waals surface area contributed by atoms with Crippen molar-refractivity contribution in [3.05, 3.63) is 52.9 Å². The average molecular weight is 308 g/mol. The maximum absolute atomic E-state index is 11.5. The second kappa shape index (κ2) is 7.18. The molecule has 0 fully saturated rings. The Morgan fingerprint density at radius 3 is 2.90 bits per heavy atom. The standard InChI is InChI=1S/C16H18ClNO3/c1-11(5-7-13-4-3-9-21-13)18-15-10-12(16(19)20-2)6-8-14(15)17/h3-4,6,8-11,18H,5,7H2,1-2H3. The van der Waals surface area contributed by atoms with Crippen molar-refractivity contribution in [1.29, 1.82) is 0 Å². The van der Waals surface area contributed by atoms with Gasteiger partial charge in [-0.3, -0.25) is 0 Å². The number of aryl methyl sites for hydroxylation is 1. The molecule has 0 saturated heterocycles. The van der Waals surface area contributed by atoms with Crippen LogP contribution in [0.4, 0.5) is 5.69 Å². The van der Waals surface area contributed by atoms with Gasteiger partial charge in [0, 0.05) is 12.5 Å². The number of methoxy groups -OCH3 is 1. The smallest absolute Gasteiger partial charge is 0.337 e. The molecule has 0 aliphatic heterocycles. The summed E-state index contributed by atoms with van der Waals surface area (Å²) in [6.07, 6.45) is 3.41. The fourth-order valence-corrected chi connectivity index (χ4v) is 2.20. The van der Waals surface area contributed by atoms with E-state index in [9.17, 15) is 4.79 Å². The van der Waals surface area contributed by atoms with E-state index in [1.165, 1.54) is 7.11 Å². The van der Waals surface area contributed by atoms with E-state index in [1.54, 1.807) is 24.5 Å². The fourth-order valence-electron chi connectivity index (χ4n) is 2.03. The molecule has 112 valence electrons. The van der Waals surface area contributed by atoms with E-state index in [0.717, 1.165) is 24.3 Å². The number of anilines is 1. The molecule has 1 aromatic carbocycles. The van der Waals surface area contributed by atoms with Gasteiger partial charge in [0.2, 0.25) is 0 Å². The highest BCUT2D eigenvalue weighted by Gasteiger charge is 2.11. The van der Waals surface area contributed by atoms with E-state index >= 15 is 0 Å². The predicted molar refractivity (Wildman–Crippen MR) is 82.9 cm³/mol. The lowest BCUT2D eigenvalue weighted by Gasteiger charge is -2.16. The summed E-state index contributed by atoms with van der Waals surface area (Å²) in [5.41, 5.74) is 1.20. The number of halogens is 1. The third-order valence-electron chi connectivity index (χ3n) is 3.19. The van der Waals surface area contributed by atoms with Crippen LogP contribution >= 0.6 is 11.6 Å². The van der Waals surface area contributed by atoms with E-state index in [-0.39, 0.29) is 12.0 Å². The topological polar surface area (TPSA) is 51.5 Å². The Hall–Kier alpha value is -1.94. The molecule has 1 unspecified atom stereocenters. The highest BCUT2D eigenvalue weighted by Crippen LogP contribution is 2.25. The van der Waals surface area contributed by atoms with Crippen molar-refractivity contribution >= 4 is 23.3 Å². The number of furan rings is 1. The molecule has 1 aromatic heterocycles. The summed E-state index contributed by atoms with van der Waals surface area (Å²) in [5.74, 6) is 0.580. The summed E-state index contributed by atoms with van der Waals surface area (Å²) in [5, 5.41) is 3.89. The zero-order chi connectivity index (χ0) is 15.2. The van der Waals surface area contributed by atoms with Crippen LogP contribution in [0.25, 0.3) is 0 Å². The van der Waals surface area contributed by atoms with Gasteiger partial charge in [-0.25, -0.2) is 4.79 Å². The van der Waals surface area contributed by atoms with Gasteiger partial charge in [-0.2, -0.15) is 0 Å². The summed E-state index contributed by atoms with van der Waals surface area (Å²) in [6.45, 7) is 2.06. The third kappa shape index (κ3) is 4.26. The van der Waals surface area contributed by atoms with E-state index in [0.29, 0.717) is 10.6 Å². The third-order valence-corrected chi connectivity index (χ3v) is 3.52. The lowest BCUT2D eigenvalue weighted by Crippen LogP contribution is -2.16. The Balaban J connectivity index is 1.99. The molecule has 21 heavy (non-hydrogen) atoms. The van der Waals surface area contributed by atoms with Crippen LogP contribution < -0.4 is 5.32 Å². The van der Waals surface area contributed by atoms with Crippen molar-refractivity contribution in [3.63, 3.8) is 0 Å². The van der Waals surface area contributed by atoms with Crippen molar-refractivity contribution in [2.75, 3.05) is 12.4 Å². The summed E-state index contributed by atoms with van der Waals surface area (Å²) in [7, 11) is 1.36. The molecule has 5 heteroatoms. The minimum Gasteiger partial charge on any atom is -0.469 e. The number of carbonyl (C=O) groups excluding carboxylic acids is 1. The van der Waals surface area contributed by atoms with Gasteiger partial charge in [-0.1, -0.05) is 11.6 Å². The molecular weight excluding hydrogens is 290 g/mol. The Morgan fingerprint density at radius 1 is 1.43 bits per heavy atom. The van der Waals surface area contributed by atoms with Gasteiger partial charge in [-0.15, -0.1) is 0 Å². The van der Waals surface area contributed by atoms with Crippen LogP contribution in [0.2, 0.25) is 5.02 Å². The van der Waals surface area contributed by atoms with Gasteiger partial charge in [0.05, 0.1) is 29.6 Å². The van der Waals surface area contributed by atoms with Crippen LogP contribution in [0.15, 0.2) is 41.0 Å². The first kappa shape index (κ1) is 15.4. The van der Waals surface area contributed by atoms with E-state index in [1.807, 2.05) is 12.1 Å². The number of ether oxygens (including phenoxy) is 1. The Labute approximate surface area is 129 Å². The molecule has 1 N–H and O–H groups in total. The molecule has 1 atom stereocenters. The van der Waals surface area contributed by atoms with Crippen LogP contribution in [0.1, 0.15) is 29.5 Å². The average Bonchev–Trinajstić information content (AvgIpc) is 3.00. The van der Waals surface area contributed by atoms with Crippen molar-refractivity contribution in [2.45, 2.75) is 25.8 Å². The highest BCUT2D eigenvalue weighted by atomic mass is 35.5. The number of nitrogens with one attached hydrogen (secondary N) is 1. The summed E-state index contributed by atoms with van der Waals surface area (Å²) in [4.78, 5) is 11.5. The number of esters is 1. The first-order valence-electron chi connectivity index (χ1n) is 6.77. The van der Waals surface area contributed by atoms with Crippen LogP contribution in [0, 0.1) is 0 Å². The van der Waals surface area contributed by atoms with E-state index < -0.39 is 0 Å². The Morgan fingerprint density at radius 2 is 2.24 bits per heavy atom. The number of hydrogen-bond donors (Lipinski definition) is 1. The number of benzene rings is 1. The largest absolute Gasteiger partial charge is 0.469 e. The van der Waals surface area contributed by atoms with Gasteiger partial charge in [-0.05, 0) is 43.7 Å². The molecule has 2 aromatic rings.